The molecule has 23 heavy (non-hydrogen) atoms. The van der Waals surface area contributed by atoms with Gasteiger partial charge >= 0.3 is 11.9 Å². The van der Waals surface area contributed by atoms with Gasteiger partial charge in [-0.3, -0.25) is 4.79 Å². The van der Waals surface area contributed by atoms with Crippen molar-refractivity contribution in [2.24, 2.45) is 0 Å². The van der Waals surface area contributed by atoms with Crippen molar-refractivity contribution >= 4 is 17.6 Å². The lowest BCUT2D eigenvalue weighted by molar-refractivity contribution is -0.144. The maximum atomic E-state index is 12.0. The number of hydrogen-bond acceptors (Lipinski definition) is 4. The van der Waals surface area contributed by atoms with Gasteiger partial charge in [0.25, 0.3) is 0 Å². The number of aryl methyl sites for hydroxylation is 1. The number of aliphatic carboxylic acids is 1. The molecule has 1 unspecified atom stereocenters. The summed E-state index contributed by atoms with van der Waals surface area (Å²) in [6, 6.07) is 7.40. The standard InChI is InChI=1S/C18H27NO4/c1-4-6-13-19(14(3)18(22)23-5-2)16-10-7-15(8-11-16)9-12-17(20)21/h7-8,10-11,14H,4-6,9,12-13H2,1-3H3,(H,20,21). The lowest BCUT2D eigenvalue weighted by atomic mass is 10.1. The molecule has 0 aromatic heterocycles. The Labute approximate surface area is 138 Å². The van der Waals surface area contributed by atoms with Crippen LogP contribution in [0.25, 0.3) is 0 Å². The van der Waals surface area contributed by atoms with Gasteiger partial charge in [-0.25, -0.2) is 4.79 Å². The number of carbonyl (C=O) groups is 2. The minimum atomic E-state index is -0.797. The van der Waals surface area contributed by atoms with Crippen LogP contribution < -0.4 is 4.90 Å². The predicted molar refractivity (Wildman–Crippen MR) is 90.7 cm³/mol. The second-order valence-corrected chi connectivity index (χ2v) is 5.54. The van der Waals surface area contributed by atoms with E-state index < -0.39 is 5.97 Å². The molecule has 0 saturated heterocycles. The number of rotatable bonds is 10. The Morgan fingerprint density at radius 3 is 2.39 bits per heavy atom. The highest BCUT2D eigenvalue weighted by atomic mass is 16.5. The summed E-state index contributed by atoms with van der Waals surface area (Å²) in [5, 5.41) is 8.74. The van der Waals surface area contributed by atoms with Crippen LogP contribution >= 0.6 is 0 Å². The first-order chi connectivity index (χ1) is 11.0. The average molecular weight is 321 g/mol. The zero-order valence-corrected chi connectivity index (χ0v) is 14.2. The Morgan fingerprint density at radius 1 is 1.22 bits per heavy atom. The maximum Gasteiger partial charge on any atom is 0.328 e. The minimum Gasteiger partial charge on any atom is -0.481 e. The highest BCUT2D eigenvalue weighted by molar-refractivity contribution is 5.79. The third-order valence-electron chi connectivity index (χ3n) is 3.74. The summed E-state index contributed by atoms with van der Waals surface area (Å²) in [5.74, 6) is -1.02. The van der Waals surface area contributed by atoms with E-state index in [1.807, 2.05) is 36.1 Å². The molecule has 0 aliphatic heterocycles. The summed E-state index contributed by atoms with van der Waals surface area (Å²) < 4.78 is 5.13. The Hall–Kier alpha value is -2.04. The van der Waals surface area contributed by atoms with Crippen LogP contribution in [0.4, 0.5) is 5.69 Å². The Bertz CT molecular complexity index is 498. The largest absolute Gasteiger partial charge is 0.481 e. The smallest absolute Gasteiger partial charge is 0.328 e. The third-order valence-corrected chi connectivity index (χ3v) is 3.74. The highest BCUT2D eigenvalue weighted by Crippen LogP contribution is 2.20. The molecule has 1 rings (SSSR count). The number of unbranched alkanes of at least 4 members (excludes halogenated alkanes) is 1. The van der Waals surface area contributed by atoms with Gasteiger partial charge in [-0.1, -0.05) is 25.5 Å². The van der Waals surface area contributed by atoms with Crippen molar-refractivity contribution in [2.45, 2.75) is 52.5 Å². The zero-order valence-electron chi connectivity index (χ0n) is 14.2. The van der Waals surface area contributed by atoms with E-state index in [0.717, 1.165) is 30.6 Å². The molecule has 128 valence electrons. The molecule has 1 N–H and O–H groups in total. The number of ether oxygens (including phenoxy) is 1. The molecule has 1 aromatic carbocycles. The fraction of sp³-hybridized carbons (Fsp3) is 0.556. The molecule has 0 spiro atoms. The third kappa shape index (κ3) is 6.30. The normalized spacial score (nSPS) is 11.8. The molecule has 0 amide bonds. The monoisotopic (exact) mass is 321 g/mol. The summed E-state index contributed by atoms with van der Waals surface area (Å²) in [6.45, 7) is 6.93. The minimum absolute atomic E-state index is 0.123. The second kappa shape index (κ2) is 9.87. The van der Waals surface area contributed by atoms with Crippen molar-refractivity contribution < 1.29 is 19.4 Å². The van der Waals surface area contributed by atoms with E-state index in [1.165, 1.54) is 0 Å². The predicted octanol–water partition coefficient (Wildman–Crippen LogP) is 3.26. The molecule has 0 bridgehead atoms. The average Bonchev–Trinajstić information content (AvgIpc) is 2.54. The van der Waals surface area contributed by atoms with Crippen LogP contribution in [0, 0.1) is 0 Å². The van der Waals surface area contributed by atoms with Gasteiger partial charge in [-0.15, -0.1) is 0 Å². The lowest BCUT2D eigenvalue weighted by Gasteiger charge is -2.30. The van der Waals surface area contributed by atoms with E-state index in [1.54, 1.807) is 6.92 Å². The van der Waals surface area contributed by atoms with Crippen LogP contribution in [0.3, 0.4) is 0 Å². The van der Waals surface area contributed by atoms with Crippen LogP contribution in [0.5, 0.6) is 0 Å². The van der Waals surface area contributed by atoms with Crippen molar-refractivity contribution in [1.82, 2.24) is 0 Å². The van der Waals surface area contributed by atoms with E-state index in [9.17, 15) is 9.59 Å². The van der Waals surface area contributed by atoms with Crippen molar-refractivity contribution in [2.75, 3.05) is 18.1 Å². The van der Waals surface area contributed by atoms with E-state index in [2.05, 4.69) is 6.92 Å². The van der Waals surface area contributed by atoms with Gasteiger partial charge in [-0.05, 0) is 44.4 Å². The van der Waals surface area contributed by atoms with Crippen molar-refractivity contribution in [1.29, 1.82) is 0 Å². The first-order valence-corrected chi connectivity index (χ1v) is 8.23. The van der Waals surface area contributed by atoms with Gasteiger partial charge in [0.1, 0.15) is 6.04 Å². The van der Waals surface area contributed by atoms with E-state index in [0.29, 0.717) is 13.0 Å². The van der Waals surface area contributed by atoms with Crippen LogP contribution in [0.1, 0.15) is 45.6 Å². The fourth-order valence-electron chi connectivity index (χ4n) is 2.37. The summed E-state index contributed by atoms with van der Waals surface area (Å²) in [5.41, 5.74) is 1.94. The number of nitrogens with zero attached hydrogens (tertiary/aromatic N) is 1. The maximum absolute atomic E-state index is 12.0. The first-order valence-electron chi connectivity index (χ1n) is 8.23. The molecule has 0 radical (unpaired) electrons. The molecule has 0 fully saturated rings. The lowest BCUT2D eigenvalue weighted by Crippen LogP contribution is -2.40. The van der Waals surface area contributed by atoms with Crippen LogP contribution in [0.15, 0.2) is 24.3 Å². The molecule has 1 atom stereocenters. The molecule has 0 aliphatic rings. The quantitative estimate of drug-likeness (QED) is 0.670. The Balaban J connectivity index is 2.84. The van der Waals surface area contributed by atoms with Crippen molar-refractivity contribution in [3.63, 3.8) is 0 Å². The van der Waals surface area contributed by atoms with E-state index in [-0.39, 0.29) is 18.4 Å². The Morgan fingerprint density at radius 2 is 1.87 bits per heavy atom. The summed E-state index contributed by atoms with van der Waals surface area (Å²) in [7, 11) is 0. The topological polar surface area (TPSA) is 66.8 Å². The van der Waals surface area contributed by atoms with Crippen molar-refractivity contribution in [3.8, 4) is 0 Å². The number of carbonyl (C=O) groups excluding carboxylic acids is 1. The highest BCUT2D eigenvalue weighted by Gasteiger charge is 2.22. The van der Waals surface area contributed by atoms with Crippen LogP contribution in [0.2, 0.25) is 0 Å². The van der Waals surface area contributed by atoms with Gasteiger partial charge < -0.3 is 14.7 Å². The second-order valence-electron chi connectivity index (χ2n) is 5.54. The molecule has 5 nitrogen and oxygen atoms in total. The molecule has 0 saturated carbocycles. The van der Waals surface area contributed by atoms with Crippen molar-refractivity contribution in [3.05, 3.63) is 29.8 Å². The van der Waals surface area contributed by atoms with Gasteiger partial charge in [0.15, 0.2) is 0 Å². The van der Waals surface area contributed by atoms with Gasteiger partial charge in [0, 0.05) is 18.7 Å². The zero-order chi connectivity index (χ0) is 17.2. The van der Waals surface area contributed by atoms with Crippen LogP contribution in [-0.2, 0) is 20.7 Å². The fourth-order valence-corrected chi connectivity index (χ4v) is 2.37. The molecular formula is C18H27NO4. The van der Waals surface area contributed by atoms with Gasteiger partial charge in [0.05, 0.1) is 6.61 Å². The molecule has 5 heteroatoms. The van der Waals surface area contributed by atoms with E-state index in [4.69, 9.17) is 9.84 Å². The summed E-state index contributed by atoms with van der Waals surface area (Å²) >= 11 is 0. The van der Waals surface area contributed by atoms with Gasteiger partial charge in [0.2, 0.25) is 0 Å². The summed E-state index contributed by atoms with van der Waals surface area (Å²) in [4.78, 5) is 24.7. The number of hydrogen-bond donors (Lipinski definition) is 1. The number of carboxylic acid groups (broad SMARTS) is 1. The van der Waals surface area contributed by atoms with E-state index >= 15 is 0 Å². The number of carboxylic acids is 1. The number of anilines is 1. The Kier molecular flexibility index (Phi) is 8.16. The SMILES string of the molecule is CCCCN(c1ccc(CCC(=O)O)cc1)C(C)C(=O)OCC. The number of benzene rings is 1. The molecular weight excluding hydrogens is 294 g/mol. The molecule has 0 aliphatic carbocycles. The molecule has 1 aromatic rings. The molecule has 0 heterocycles. The number of esters is 1. The summed E-state index contributed by atoms with van der Waals surface area (Å²) in [6.07, 6.45) is 2.67. The van der Waals surface area contributed by atoms with Crippen LogP contribution in [-0.4, -0.2) is 36.2 Å². The van der Waals surface area contributed by atoms with Gasteiger partial charge in [-0.2, -0.15) is 0 Å². The first kappa shape index (κ1) is 19.0.